The van der Waals surface area contributed by atoms with Crippen molar-refractivity contribution < 1.29 is 4.79 Å². The van der Waals surface area contributed by atoms with Gasteiger partial charge in [0.25, 0.3) is 0 Å². The van der Waals surface area contributed by atoms with E-state index in [0.717, 1.165) is 29.7 Å². The molecule has 0 aromatic heterocycles. The van der Waals surface area contributed by atoms with Crippen LogP contribution in [0.2, 0.25) is 0 Å². The topological polar surface area (TPSA) is 52.9 Å². The molecule has 1 unspecified atom stereocenters. The zero-order valence-corrected chi connectivity index (χ0v) is 12.8. The first-order chi connectivity index (χ1) is 10.7. The fraction of sp³-hybridized carbons (Fsp3) is 0.263. The molecule has 1 atom stereocenters. The summed E-state index contributed by atoms with van der Waals surface area (Å²) in [5.74, 6) is -0.119. The molecule has 0 aliphatic carbocycles. The Labute approximate surface area is 131 Å². The summed E-state index contributed by atoms with van der Waals surface area (Å²) in [6.07, 6.45) is 2.16. The van der Waals surface area contributed by atoms with Crippen molar-refractivity contribution in [2.45, 2.75) is 32.1 Å². The second kappa shape index (κ2) is 7.99. The first-order valence-corrected chi connectivity index (χ1v) is 7.56. The fourth-order valence-electron chi connectivity index (χ4n) is 2.45. The minimum absolute atomic E-state index is 0.0149. The van der Waals surface area contributed by atoms with E-state index < -0.39 is 0 Å². The average molecular weight is 292 g/mol. The summed E-state index contributed by atoms with van der Waals surface area (Å²) >= 11 is 0. The quantitative estimate of drug-likeness (QED) is 0.864. The Morgan fingerprint density at radius 3 is 2.41 bits per heavy atom. The molecule has 1 N–H and O–H groups in total. The first kappa shape index (κ1) is 15.8. The van der Waals surface area contributed by atoms with Gasteiger partial charge in [-0.05, 0) is 29.7 Å². The molecule has 0 aliphatic rings. The van der Waals surface area contributed by atoms with Gasteiger partial charge in [-0.2, -0.15) is 5.26 Å². The number of benzene rings is 2. The van der Waals surface area contributed by atoms with Gasteiger partial charge in [0.15, 0.2) is 0 Å². The van der Waals surface area contributed by atoms with Crippen LogP contribution in [0.25, 0.3) is 0 Å². The van der Waals surface area contributed by atoms with Crippen LogP contribution in [0.15, 0.2) is 54.6 Å². The van der Waals surface area contributed by atoms with Gasteiger partial charge in [0.1, 0.15) is 0 Å². The van der Waals surface area contributed by atoms with Gasteiger partial charge in [-0.15, -0.1) is 0 Å². The van der Waals surface area contributed by atoms with E-state index >= 15 is 0 Å². The number of carbonyl (C=O) groups is 1. The molecule has 0 heterocycles. The van der Waals surface area contributed by atoms with Crippen LogP contribution < -0.4 is 5.32 Å². The Kier molecular flexibility index (Phi) is 5.73. The van der Waals surface area contributed by atoms with Gasteiger partial charge in [0.2, 0.25) is 5.91 Å². The van der Waals surface area contributed by atoms with Gasteiger partial charge in [0, 0.05) is 5.69 Å². The van der Waals surface area contributed by atoms with Crippen molar-refractivity contribution in [3.8, 4) is 6.07 Å². The third-order valence-electron chi connectivity index (χ3n) is 3.60. The van der Waals surface area contributed by atoms with Crippen molar-refractivity contribution in [2.24, 2.45) is 0 Å². The minimum atomic E-state index is -0.134. The Balaban J connectivity index is 2.09. The van der Waals surface area contributed by atoms with Crippen LogP contribution in [0.5, 0.6) is 0 Å². The number of hydrogen-bond acceptors (Lipinski definition) is 2. The second-order valence-corrected chi connectivity index (χ2v) is 5.27. The zero-order valence-electron chi connectivity index (χ0n) is 12.8. The lowest BCUT2D eigenvalue weighted by atomic mass is 9.93. The molecule has 3 nitrogen and oxygen atoms in total. The molecule has 1 amide bonds. The highest BCUT2D eigenvalue weighted by molar-refractivity contribution is 5.95. The Morgan fingerprint density at radius 2 is 1.82 bits per heavy atom. The molecule has 0 radical (unpaired) electrons. The number of amides is 1. The summed E-state index contributed by atoms with van der Waals surface area (Å²) in [6.45, 7) is 2.08. The van der Waals surface area contributed by atoms with Gasteiger partial charge in [0.05, 0.1) is 18.4 Å². The third-order valence-corrected chi connectivity index (χ3v) is 3.60. The summed E-state index contributed by atoms with van der Waals surface area (Å²) in [6, 6.07) is 19.4. The van der Waals surface area contributed by atoms with E-state index in [9.17, 15) is 4.79 Å². The summed E-state index contributed by atoms with van der Waals surface area (Å²) < 4.78 is 0. The average Bonchev–Trinajstić information content (AvgIpc) is 2.55. The van der Waals surface area contributed by atoms with E-state index in [4.69, 9.17) is 5.26 Å². The van der Waals surface area contributed by atoms with Crippen LogP contribution in [0.1, 0.15) is 36.8 Å². The smallest absolute Gasteiger partial charge is 0.231 e. The minimum Gasteiger partial charge on any atom is -0.326 e. The summed E-state index contributed by atoms with van der Waals surface area (Å²) in [4.78, 5) is 12.6. The van der Waals surface area contributed by atoms with Gasteiger partial charge in [-0.25, -0.2) is 0 Å². The Bertz CT molecular complexity index is 641. The molecule has 112 valence electrons. The molecule has 0 bridgehead atoms. The zero-order chi connectivity index (χ0) is 15.8. The van der Waals surface area contributed by atoms with E-state index in [1.54, 1.807) is 0 Å². The van der Waals surface area contributed by atoms with Crippen LogP contribution in [-0.4, -0.2) is 5.91 Å². The molecule has 0 fully saturated rings. The maximum atomic E-state index is 12.6. The van der Waals surface area contributed by atoms with Crippen molar-refractivity contribution in [3.63, 3.8) is 0 Å². The van der Waals surface area contributed by atoms with Gasteiger partial charge >= 0.3 is 0 Å². The highest BCUT2D eigenvalue weighted by atomic mass is 16.1. The van der Waals surface area contributed by atoms with Crippen molar-refractivity contribution in [1.82, 2.24) is 0 Å². The van der Waals surface area contributed by atoms with Crippen LogP contribution in [-0.2, 0) is 11.2 Å². The van der Waals surface area contributed by atoms with Gasteiger partial charge in [-0.1, -0.05) is 55.8 Å². The van der Waals surface area contributed by atoms with Crippen molar-refractivity contribution in [2.75, 3.05) is 5.32 Å². The van der Waals surface area contributed by atoms with Gasteiger partial charge in [-0.3, -0.25) is 4.79 Å². The molecule has 0 saturated carbocycles. The standard InChI is InChI=1S/C19H20N2O/c1-2-6-18(16-7-4-3-5-8-16)19(22)21-17-11-9-15(10-12-17)13-14-20/h3-5,7-12,18H,2,6,13H2,1H3,(H,21,22). The lowest BCUT2D eigenvalue weighted by Gasteiger charge is -2.16. The van der Waals surface area contributed by atoms with Crippen molar-refractivity contribution in [1.29, 1.82) is 5.26 Å². The monoisotopic (exact) mass is 292 g/mol. The molecule has 0 spiro atoms. The van der Waals surface area contributed by atoms with E-state index in [1.807, 2.05) is 54.6 Å². The number of carbonyl (C=O) groups excluding carboxylic acids is 1. The number of hydrogen-bond donors (Lipinski definition) is 1. The molecule has 0 saturated heterocycles. The fourth-order valence-corrected chi connectivity index (χ4v) is 2.45. The molecule has 2 aromatic carbocycles. The summed E-state index contributed by atoms with van der Waals surface area (Å²) in [7, 11) is 0. The second-order valence-electron chi connectivity index (χ2n) is 5.27. The van der Waals surface area contributed by atoms with Crippen LogP contribution in [0, 0.1) is 11.3 Å². The van der Waals surface area contributed by atoms with E-state index in [2.05, 4.69) is 18.3 Å². The molecule has 2 aromatic rings. The summed E-state index contributed by atoms with van der Waals surface area (Å²) in [5, 5.41) is 11.6. The predicted molar refractivity (Wildman–Crippen MR) is 88.5 cm³/mol. The molecular weight excluding hydrogens is 272 g/mol. The van der Waals surface area contributed by atoms with E-state index in [0.29, 0.717) is 6.42 Å². The maximum Gasteiger partial charge on any atom is 0.231 e. The predicted octanol–water partition coefficient (Wildman–Crippen LogP) is 4.28. The Hall–Kier alpha value is -2.60. The van der Waals surface area contributed by atoms with Crippen molar-refractivity contribution in [3.05, 3.63) is 65.7 Å². The highest BCUT2D eigenvalue weighted by Crippen LogP contribution is 2.23. The molecular formula is C19H20N2O. The van der Waals surface area contributed by atoms with Crippen molar-refractivity contribution >= 4 is 11.6 Å². The van der Waals surface area contributed by atoms with E-state index in [-0.39, 0.29) is 11.8 Å². The SMILES string of the molecule is CCCC(C(=O)Nc1ccc(CC#N)cc1)c1ccccc1. The summed E-state index contributed by atoms with van der Waals surface area (Å²) in [5.41, 5.74) is 2.76. The number of anilines is 1. The lowest BCUT2D eigenvalue weighted by molar-refractivity contribution is -0.117. The first-order valence-electron chi connectivity index (χ1n) is 7.56. The highest BCUT2D eigenvalue weighted by Gasteiger charge is 2.19. The molecule has 0 aliphatic heterocycles. The maximum absolute atomic E-state index is 12.6. The number of nitrogens with one attached hydrogen (secondary N) is 1. The lowest BCUT2D eigenvalue weighted by Crippen LogP contribution is -2.21. The van der Waals surface area contributed by atoms with Crippen LogP contribution >= 0.6 is 0 Å². The number of nitrogens with zero attached hydrogens (tertiary/aromatic N) is 1. The third kappa shape index (κ3) is 4.20. The van der Waals surface area contributed by atoms with Gasteiger partial charge < -0.3 is 5.32 Å². The largest absolute Gasteiger partial charge is 0.326 e. The van der Waals surface area contributed by atoms with Crippen LogP contribution in [0.4, 0.5) is 5.69 Å². The molecule has 2 rings (SSSR count). The number of rotatable bonds is 6. The molecule has 22 heavy (non-hydrogen) atoms. The molecule has 3 heteroatoms. The Morgan fingerprint density at radius 1 is 1.14 bits per heavy atom. The van der Waals surface area contributed by atoms with E-state index in [1.165, 1.54) is 0 Å². The van der Waals surface area contributed by atoms with Crippen LogP contribution in [0.3, 0.4) is 0 Å². The number of nitriles is 1. The normalized spacial score (nSPS) is 11.5.